The van der Waals surface area contributed by atoms with Crippen molar-refractivity contribution in [3.8, 4) is 5.75 Å². The summed E-state index contributed by atoms with van der Waals surface area (Å²) in [5.41, 5.74) is 1.19. The standard InChI is InChI=1S/C24H28N4O5/c1-16(2)25-22(30)24(32)28-14-12-27(13-15-28)23(31)19-6-4-5-7-20(19)26-21(29)17-8-10-18(33-3)11-9-17/h4-11,16H,12-15H2,1-3H3,(H,25,30)(H,26,29). The van der Waals surface area contributed by atoms with Gasteiger partial charge in [0.2, 0.25) is 0 Å². The number of benzene rings is 2. The molecule has 1 heterocycles. The normalized spacial score (nSPS) is 13.5. The lowest BCUT2D eigenvalue weighted by atomic mass is 10.1. The fraction of sp³-hybridized carbons (Fsp3) is 0.333. The molecule has 4 amide bonds. The second-order valence-electron chi connectivity index (χ2n) is 7.94. The van der Waals surface area contributed by atoms with E-state index in [1.54, 1.807) is 74.4 Å². The van der Waals surface area contributed by atoms with Gasteiger partial charge in [-0.1, -0.05) is 12.1 Å². The number of piperazine rings is 1. The maximum absolute atomic E-state index is 13.2. The number of para-hydroxylation sites is 1. The number of rotatable bonds is 5. The number of hydrogen-bond acceptors (Lipinski definition) is 5. The molecule has 2 N–H and O–H groups in total. The van der Waals surface area contributed by atoms with E-state index in [2.05, 4.69) is 10.6 Å². The molecule has 1 fully saturated rings. The Hall–Kier alpha value is -3.88. The van der Waals surface area contributed by atoms with Crippen molar-refractivity contribution in [1.29, 1.82) is 0 Å². The van der Waals surface area contributed by atoms with Gasteiger partial charge in [0.05, 0.1) is 18.4 Å². The lowest BCUT2D eigenvalue weighted by molar-refractivity contribution is -0.147. The first-order valence-corrected chi connectivity index (χ1v) is 10.7. The van der Waals surface area contributed by atoms with Gasteiger partial charge in [-0.05, 0) is 50.2 Å². The molecular weight excluding hydrogens is 424 g/mol. The number of nitrogens with one attached hydrogen (secondary N) is 2. The molecule has 0 aliphatic carbocycles. The van der Waals surface area contributed by atoms with Crippen LogP contribution in [0.25, 0.3) is 0 Å². The monoisotopic (exact) mass is 452 g/mol. The highest BCUT2D eigenvalue weighted by Crippen LogP contribution is 2.20. The number of nitrogens with zero attached hydrogens (tertiary/aromatic N) is 2. The summed E-state index contributed by atoms with van der Waals surface area (Å²) >= 11 is 0. The van der Waals surface area contributed by atoms with Crippen LogP contribution >= 0.6 is 0 Å². The summed E-state index contributed by atoms with van der Waals surface area (Å²) in [5, 5.41) is 5.39. The smallest absolute Gasteiger partial charge is 0.312 e. The highest BCUT2D eigenvalue weighted by Gasteiger charge is 2.29. The second kappa shape index (κ2) is 10.6. The summed E-state index contributed by atoms with van der Waals surface area (Å²) in [6.45, 7) is 4.67. The van der Waals surface area contributed by atoms with Crippen molar-refractivity contribution in [1.82, 2.24) is 15.1 Å². The van der Waals surface area contributed by atoms with E-state index in [-0.39, 0.29) is 30.9 Å². The van der Waals surface area contributed by atoms with Crippen molar-refractivity contribution < 1.29 is 23.9 Å². The Bertz CT molecular complexity index is 1030. The van der Waals surface area contributed by atoms with E-state index in [1.165, 1.54) is 4.90 Å². The van der Waals surface area contributed by atoms with E-state index in [0.717, 1.165) is 0 Å². The van der Waals surface area contributed by atoms with E-state index in [1.807, 2.05) is 0 Å². The first-order valence-electron chi connectivity index (χ1n) is 10.7. The van der Waals surface area contributed by atoms with E-state index >= 15 is 0 Å². The van der Waals surface area contributed by atoms with Crippen LogP contribution in [0.2, 0.25) is 0 Å². The van der Waals surface area contributed by atoms with E-state index < -0.39 is 11.8 Å². The van der Waals surface area contributed by atoms with E-state index in [4.69, 9.17) is 4.74 Å². The first-order chi connectivity index (χ1) is 15.8. The lowest BCUT2D eigenvalue weighted by Gasteiger charge is -2.34. The zero-order valence-corrected chi connectivity index (χ0v) is 19.0. The van der Waals surface area contributed by atoms with Crippen LogP contribution < -0.4 is 15.4 Å². The zero-order chi connectivity index (χ0) is 24.0. The van der Waals surface area contributed by atoms with Gasteiger partial charge in [-0.2, -0.15) is 0 Å². The zero-order valence-electron chi connectivity index (χ0n) is 19.0. The van der Waals surface area contributed by atoms with Gasteiger partial charge < -0.3 is 25.2 Å². The summed E-state index contributed by atoms with van der Waals surface area (Å²) in [6.07, 6.45) is 0. The maximum Gasteiger partial charge on any atom is 0.312 e. The van der Waals surface area contributed by atoms with Crippen molar-refractivity contribution in [3.05, 3.63) is 59.7 Å². The Morgan fingerprint density at radius 1 is 0.879 bits per heavy atom. The molecule has 1 aliphatic heterocycles. The van der Waals surface area contributed by atoms with Crippen LogP contribution in [0, 0.1) is 0 Å². The summed E-state index contributed by atoms with van der Waals surface area (Å²) in [7, 11) is 1.55. The summed E-state index contributed by atoms with van der Waals surface area (Å²) in [4.78, 5) is 53.1. The highest BCUT2D eigenvalue weighted by atomic mass is 16.5. The Labute approximate surface area is 192 Å². The maximum atomic E-state index is 13.2. The molecular formula is C24H28N4O5. The molecule has 0 bridgehead atoms. The molecule has 0 aromatic heterocycles. The lowest BCUT2D eigenvalue weighted by Crippen LogP contribution is -2.54. The van der Waals surface area contributed by atoms with Gasteiger partial charge in [0.25, 0.3) is 11.8 Å². The number of carbonyl (C=O) groups is 4. The van der Waals surface area contributed by atoms with Gasteiger partial charge >= 0.3 is 11.8 Å². The number of ether oxygens (including phenoxy) is 1. The highest BCUT2D eigenvalue weighted by molar-refractivity contribution is 6.35. The molecule has 2 aromatic rings. The number of hydrogen-bond donors (Lipinski definition) is 2. The van der Waals surface area contributed by atoms with Crippen molar-refractivity contribution in [2.45, 2.75) is 19.9 Å². The molecule has 1 aliphatic rings. The minimum Gasteiger partial charge on any atom is -0.497 e. The Morgan fingerprint density at radius 2 is 1.48 bits per heavy atom. The molecule has 0 spiro atoms. The molecule has 0 radical (unpaired) electrons. The van der Waals surface area contributed by atoms with Gasteiger partial charge in [-0.3, -0.25) is 19.2 Å². The molecule has 174 valence electrons. The third-order valence-corrected chi connectivity index (χ3v) is 5.23. The molecule has 0 saturated carbocycles. The first kappa shape index (κ1) is 23.8. The van der Waals surface area contributed by atoms with Gasteiger partial charge in [0.15, 0.2) is 0 Å². The molecule has 3 rings (SSSR count). The van der Waals surface area contributed by atoms with Crippen LogP contribution in [0.5, 0.6) is 5.75 Å². The fourth-order valence-corrected chi connectivity index (χ4v) is 3.47. The Kier molecular flexibility index (Phi) is 7.66. The van der Waals surface area contributed by atoms with Gasteiger partial charge in [-0.15, -0.1) is 0 Å². The predicted octanol–water partition coefficient (Wildman–Crippen LogP) is 1.76. The molecule has 0 unspecified atom stereocenters. The van der Waals surface area contributed by atoms with Crippen molar-refractivity contribution in [3.63, 3.8) is 0 Å². The number of anilines is 1. The Balaban J connectivity index is 1.65. The van der Waals surface area contributed by atoms with Crippen LogP contribution in [-0.4, -0.2) is 72.8 Å². The quantitative estimate of drug-likeness (QED) is 0.672. The van der Waals surface area contributed by atoms with Gasteiger partial charge in [0, 0.05) is 37.8 Å². The van der Waals surface area contributed by atoms with Crippen molar-refractivity contribution >= 4 is 29.3 Å². The number of amides is 4. The van der Waals surface area contributed by atoms with Crippen LogP contribution in [-0.2, 0) is 9.59 Å². The Morgan fingerprint density at radius 3 is 2.09 bits per heavy atom. The summed E-state index contributed by atoms with van der Waals surface area (Å²) in [6, 6.07) is 13.3. The average molecular weight is 453 g/mol. The van der Waals surface area contributed by atoms with Crippen molar-refractivity contribution in [2.24, 2.45) is 0 Å². The third kappa shape index (κ3) is 5.88. The molecule has 9 nitrogen and oxygen atoms in total. The van der Waals surface area contributed by atoms with Crippen LogP contribution in [0.4, 0.5) is 5.69 Å². The predicted molar refractivity (Wildman–Crippen MR) is 123 cm³/mol. The molecule has 2 aromatic carbocycles. The summed E-state index contributed by atoms with van der Waals surface area (Å²) < 4.78 is 5.11. The minimum atomic E-state index is -0.642. The second-order valence-corrected chi connectivity index (χ2v) is 7.94. The topological polar surface area (TPSA) is 108 Å². The largest absolute Gasteiger partial charge is 0.497 e. The summed E-state index contributed by atoms with van der Waals surface area (Å²) in [5.74, 6) is -1.19. The van der Waals surface area contributed by atoms with Crippen LogP contribution in [0.1, 0.15) is 34.6 Å². The van der Waals surface area contributed by atoms with Crippen molar-refractivity contribution in [2.75, 3.05) is 38.6 Å². The minimum absolute atomic E-state index is 0.131. The number of carbonyl (C=O) groups excluding carboxylic acids is 4. The van der Waals surface area contributed by atoms with Crippen LogP contribution in [0.15, 0.2) is 48.5 Å². The van der Waals surface area contributed by atoms with Crippen LogP contribution in [0.3, 0.4) is 0 Å². The SMILES string of the molecule is COc1ccc(C(=O)Nc2ccccc2C(=O)N2CCN(C(=O)C(=O)NC(C)C)CC2)cc1. The average Bonchev–Trinajstić information content (AvgIpc) is 2.83. The molecule has 0 atom stereocenters. The molecule has 9 heteroatoms. The van der Waals surface area contributed by atoms with E-state index in [9.17, 15) is 19.2 Å². The third-order valence-electron chi connectivity index (χ3n) is 5.23. The fourth-order valence-electron chi connectivity index (χ4n) is 3.47. The molecule has 1 saturated heterocycles. The van der Waals surface area contributed by atoms with E-state index in [0.29, 0.717) is 35.7 Å². The van der Waals surface area contributed by atoms with Gasteiger partial charge in [0.1, 0.15) is 5.75 Å². The number of methoxy groups -OCH3 is 1. The van der Waals surface area contributed by atoms with Gasteiger partial charge in [-0.25, -0.2) is 0 Å². The molecule has 33 heavy (non-hydrogen) atoms.